The summed E-state index contributed by atoms with van der Waals surface area (Å²) in [6.45, 7) is 14.9. The molecule has 0 bridgehead atoms. The lowest BCUT2D eigenvalue weighted by molar-refractivity contribution is 0.665. The molecule has 1 aliphatic heterocycles. The van der Waals surface area contributed by atoms with E-state index in [0.29, 0.717) is 5.82 Å². The van der Waals surface area contributed by atoms with Crippen molar-refractivity contribution < 1.29 is 0 Å². The van der Waals surface area contributed by atoms with Crippen molar-refractivity contribution in [3.63, 3.8) is 0 Å². The second-order valence-electron chi connectivity index (χ2n) is 5.15. The van der Waals surface area contributed by atoms with Crippen molar-refractivity contribution >= 4 is 28.1 Å². The predicted molar refractivity (Wildman–Crippen MR) is 119 cm³/mol. The molecule has 26 heavy (non-hydrogen) atoms. The van der Waals surface area contributed by atoms with Crippen LogP contribution >= 0.6 is 0 Å². The third kappa shape index (κ3) is 6.06. The number of hydrogen-bond donors (Lipinski definition) is 3. The van der Waals surface area contributed by atoms with Gasteiger partial charge in [-0.15, -0.1) is 0 Å². The molecular weight excluding hydrogens is 322 g/mol. The first-order valence-electron chi connectivity index (χ1n) is 10.1. The first kappa shape index (κ1) is 24.0. The molecule has 0 saturated carbocycles. The maximum Gasteiger partial charge on any atom is 0.149 e. The first-order valence-corrected chi connectivity index (χ1v) is 10.1. The van der Waals surface area contributed by atoms with Crippen LogP contribution in [0.15, 0.2) is 24.3 Å². The summed E-state index contributed by atoms with van der Waals surface area (Å²) in [5.41, 5.74) is 9.22. The van der Waals surface area contributed by atoms with Gasteiger partial charge in [0.1, 0.15) is 11.5 Å². The monoisotopic (exact) mass is 361 g/mol. The maximum atomic E-state index is 6.07. The Labute approximate surface area is 160 Å². The van der Waals surface area contributed by atoms with Crippen LogP contribution in [-0.2, 0) is 0 Å². The van der Waals surface area contributed by atoms with Gasteiger partial charge >= 0.3 is 0 Å². The molecule has 1 aliphatic rings. The molecule has 0 spiro atoms. The molecule has 0 amide bonds. The van der Waals surface area contributed by atoms with Crippen LogP contribution in [0.1, 0.15) is 54.4 Å². The number of unbranched alkanes of at least 4 members (excludes halogenated alkanes) is 1. The SMILES string of the molecule is CC.CC.CC.CNCCCCN1CNc2c(N)nc3ccccc3c21. The molecule has 2 heterocycles. The summed E-state index contributed by atoms with van der Waals surface area (Å²) >= 11 is 0. The van der Waals surface area contributed by atoms with Crippen LogP contribution in [0.3, 0.4) is 0 Å². The van der Waals surface area contributed by atoms with Crippen LogP contribution in [0.5, 0.6) is 0 Å². The Morgan fingerprint density at radius 2 is 1.73 bits per heavy atom. The number of pyridine rings is 1. The number of fused-ring (bicyclic) bond motifs is 3. The van der Waals surface area contributed by atoms with Gasteiger partial charge in [0.15, 0.2) is 0 Å². The molecule has 4 N–H and O–H groups in total. The quantitative estimate of drug-likeness (QED) is 0.648. The van der Waals surface area contributed by atoms with Crippen molar-refractivity contribution in [2.45, 2.75) is 54.4 Å². The van der Waals surface area contributed by atoms with Gasteiger partial charge in [0, 0.05) is 11.9 Å². The molecule has 3 rings (SSSR count). The fourth-order valence-corrected chi connectivity index (χ4v) is 2.76. The summed E-state index contributed by atoms with van der Waals surface area (Å²) in [7, 11) is 1.99. The van der Waals surface area contributed by atoms with Crippen molar-refractivity contribution in [3.8, 4) is 0 Å². The zero-order valence-electron chi connectivity index (χ0n) is 17.8. The number of nitrogens with two attached hydrogens (primary N) is 1. The number of nitrogen functional groups attached to an aromatic ring is 1. The van der Waals surface area contributed by atoms with Gasteiger partial charge in [0.2, 0.25) is 0 Å². The number of aromatic nitrogens is 1. The van der Waals surface area contributed by atoms with E-state index in [9.17, 15) is 0 Å². The van der Waals surface area contributed by atoms with Crippen LogP contribution in [0.25, 0.3) is 10.9 Å². The molecule has 0 atom stereocenters. The average Bonchev–Trinajstić information content (AvgIpc) is 3.15. The fourth-order valence-electron chi connectivity index (χ4n) is 2.76. The molecule has 148 valence electrons. The highest BCUT2D eigenvalue weighted by molar-refractivity contribution is 6.03. The molecule has 0 fully saturated rings. The highest BCUT2D eigenvalue weighted by Crippen LogP contribution is 2.40. The van der Waals surface area contributed by atoms with Crippen molar-refractivity contribution in [1.82, 2.24) is 10.3 Å². The summed E-state index contributed by atoms with van der Waals surface area (Å²) in [6, 6.07) is 8.19. The van der Waals surface area contributed by atoms with E-state index in [1.807, 2.05) is 60.7 Å². The van der Waals surface area contributed by atoms with Gasteiger partial charge < -0.3 is 21.3 Å². The number of anilines is 3. The molecule has 5 nitrogen and oxygen atoms in total. The number of rotatable bonds is 5. The molecule has 2 aromatic rings. The summed E-state index contributed by atoms with van der Waals surface area (Å²) in [5.74, 6) is 0.594. The highest BCUT2D eigenvalue weighted by atomic mass is 15.3. The fraction of sp³-hybridized carbons (Fsp3) is 0.571. The molecule has 0 saturated heterocycles. The maximum absolute atomic E-state index is 6.07. The summed E-state index contributed by atoms with van der Waals surface area (Å²) in [5, 5.41) is 7.74. The third-order valence-electron chi connectivity index (χ3n) is 3.76. The highest BCUT2D eigenvalue weighted by Gasteiger charge is 2.23. The smallest absolute Gasteiger partial charge is 0.149 e. The molecule has 1 aromatic carbocycles. The number of benzene rings is 1. The van der Waals surface area contributed by atoms with Gasteiger partial charge in [0.25, 0.3) is 0 Å². The molecular formula is C21H39N5. The van der Waals surface area contributed by atoms with Crippen LogP contribution in [0.2, 0.25) is 0 Å². The number of nitrogens with one attached hydrogen (secondary N) is 2. The second-order valence-corrected chi connectivity index (χ2v) is 5.15. The summed E-state index contributed by atoms with van der Waals surface area (Å²) in [4.78, 5) is 6.84. The van der Waals surface area contributed by atoms with Gasteiger partial charge in [0.05, 0.1) is 17.9 Å². The number of nitrogens with zero attached hydrogens (tertiary/aromatic N) is 2. The van der Waals surface area contributed by atoms with E-state index in [1.54, 1.807) is 0 Å². The minimum absolute atomic E-state index is 0.594. The lowest BCUT2D eigenvalue weighted by Crippen LogP contribution is -2.24. The zero-order chi connectivity index (χ0) is 19.9. The number of hydrogen-bond acceptors (Lipinski definition) is 5. The van der Waals surface area contributed by atoms with Gasteiger partial charge in [-0.05, 0) is 32.5 Å². The summed E-state index contributed by atoms with van der Waals surface area (Å²) in [6.07, 6.45) is 2.35. The van der Waals surface area contributed by atoms with Crippen LogP contribution in [0, 0.1) is 0 Å². The molecule has 0 unspecified atom stereocenters. The van der Waals surface area contributed by atoms with Crippen molar-refractivity contribution in [2.24, 2.45) is 0 Å². The van der Waals surface area contributed by atoms with E-state index in [0.717, 1.165) is 31.0 Å². The van der Waals surface area contributed by atoms with E-state index in [4.69, 9.17) is 5.73 Å². The molecule has 1 aromatic heterocycles. The van der Waals surface area contributed by atoms with Crippen LogP contribution in [0.4, 0.5) is 17.2 Å². The van der Waals surface area contributed by atoms with Crippen LogP contribution in [-0.4, -0.2) is 31.8 Å². The van der Waals surface area contributed by atoms with E-state index < -0.39 is 0 Å². The van der Waals surface area contributed by atoms with E-state index in [2.05, 4.69) is 32.7 Å². The Balaban J connectivity index is 0.000000948. The first-order chi connectivity index (χ1) is 12.8. The van der Waals surface area contributed by atoms with E-state index in [-0.39, 0.29) is 0 Å². The van der Waals surface area contributed by atoms with Crippen molar-refractivity contribution in [3.05, 3.63) is 24.3 Å². The Kier molecular flexibility index (Phi) is 13.1. The largest absolute Gasteiger partial charge is 0.382 e. The Morgan fingerprint density at radius 3 is 2.38 bits per heavy atom. The van der Waals surface area contributed by atoms with Crippen molar-refractivity contribution in [2.75, 3.05) is 42.8 Å². The molecule has 5 heteroatoms. The Bertz CT molecular complexity index is 613. The van der Waals surface area contributed by atoms with E-state index >= 15 is 0 Å². The lowest BCUT2D eigenvalue weighted by atomic mass is 10.1. The minimum Gasteiger partial charge on any atom is -0.382 e. The van der Waals surface area contributed by atoms with Crippen molar-refractivity contribution in [1.29, 1.82) is 0 Å². The lowest BCUT2D eigenvalue weighted by Gasteiger charge is -2.19. The minimum atomic E-state index is 0.594. The predicted octanol–water partition coefficient (Wildman–Crippen LogP) is 5.08. The van der Waals surface area contributed by atoms with Gasteiger partial charge in [-0.2, -0.15) is 0 Å². The van der Waals surface area contributed by atoms with Gasteiger partial charge in [-0.25, -0.2) is 4.98 Å². The summed E-state index contributed by atoms with van der Waals surface area (Å²) < 4.78 is 0. The second kappa shape index (κ2) is 14.2. The molecule has 0 radical (unpaired) electrons. The average molecular weight is 362 g/mol. The van der Waals surface area contributed by atoms with Gasteiger partial charge in [-0.1, -0.05) is 59.7 Å². The third-order valence-corrected chi connectivity index (χ3v) is 3.76. The number of para-hydroxylation sites is 1. The normalized spacial score (nSPS) is 11.1. The standard InChI is InChI=1S/C15H21N5.3C2H6/c1-17-8-4-5-9-20-10-18-13-14(20)11-6-2-3-7-12(11)19-15(13)16;3*1-2/h2-3,6-7,17-18H,4-5,8-10H2,1H3,(H2,16,19);3*1-2H3. The van der Waals surface area contributed by atoms with Gasteiger partial charge in [-0.3, -0.25) is 0 Å². The molecule has 0 aliphatic carbocycles. The van der Waals surface area contributed by atoms with E-state index in [1.165, 1.54) is 23.9 Å². The topological polar surface area (TPSA) is 66.2 Å². The Hall–Kier alpha value is -2.01. The Morgan fingerprint density at radius 1 is 1.08 bits per heavy atom. The van der Waals surface area contributed by atoms with Crippen LogP contribution < -0.4 is 21.3 Å². The zero-order valence-corrected chi connectivity index (χ0v) is 17.8.